The van der Waals surface area contributed by atoms with E-state index < -0.39 is 18.2 Å². The van der Waals surface area contributed by atoms with Crippen LogP contribution in [-0.4, -0.2) is 70.5 Å². The van der Waals surface area contributed by atoms with Crippen LogP contribution in [0, 0.1) is 11.8 Å². The number of aliphatic imine (C=N–C) groups is 1. The number of aromatic nitrogens is 4. The molecule has 14 heteroatoms. The molecule has 0 unspecified atom stereocenters. The number of nitrogens with one attached hydrogen (secondary N) is 5. The quantitative estimate of drug-likeness (QED) is 0.0470. The first kappa shape index (κ1) is 37.3. The van der Waals surface area contributed by atoms with Gasteiger partial charge in [-0.25, -0.2) is 19.8 Å². The minimum atomic E-state index is -0.772. The maximum atomic E-state index is 12.7. The Labute approximate surface area is 291 Å². The number of ether oxygens (including phenoxy) is 1. The highest BCUT2D eigenvalue weighted by Crippen LogP contribution is 2.29. The number of imidazole rings is 2. The van der Waals surface area contributed by atoms with Crippen LogP contribution in [-0.2, 0) is 24.1 Å². The van der Waals surface area contributed by atoms with Gasteiger partial charge >= 0.3 is 6.09 Å². The molecule has 0 spiro atoms. The van der Waals surface area contributed by atoms with Crippen molar-refractivity contribution in [3.8, 4) is 33.6 Å². The van der Waals surface area contributed by atoms with Crippen molar-refractivity contribution in [1.29, 1.82) is 0 Å². The van der Waals surface area contributed by atoms with Gasteiger partial charge in [-0.1, -0.05) is 76.2 Å². The number of hydrogen-bond donors (Lipinski definition) is 5. The van der Waals surface area contributed by atoms with Crippen molar-refractivity contribution in [2.45, 2.75) is 65.7 Å². The Balaban J connectivity index is 1.42. The van der Waals surface area contributed by atoms with Crippen molar-refractivity contribution in [3.05, 3.63) is 72.6 Å². The smallest absolute Gasteiger partial charge is 0.407 e. The molecule has 0 aliphatic carbocycles. The molecular formula is C36H46N8O6. The van der Waals surface area contributed by atoms with Crippen molar-refractivity contribution in [2.24, 2.45) is 16.8 Å². The molecule has 50 heavy (non-hydrogen) atoms. The van der Waals surface area contributed by atoms with E-state index in [1.165, 1.54) is 14.2 Å². The van der Waals surface area contributed by atoms with Crippen molar-refractivity contribution in [1.82, 2.24) is 35.9 Å². The van der Waals surface area contributed by atoms with E-state index in [0.29, 0.717) is 11.6 Å². The minimum absolute atomic E-state index is 0.0378. The summed E-state index contributed by atoms with van der Waals surface area (Å²) in [7, 11) is 2.61. The molecule has 2 heterocycles. The van der Waals surface area contributed by atoms with Gasteiger partial charge in [-0.05, 0) is 47.9 Å². The highest BCUT2D eigenvalue weighted by atomic mass is 17.2. The molecule has 266 valence electrons. The van der Waals surface area contributed by atoms with Crippen LogP contribution in [0.4, 0.5) is 4.79 Å². The molecule has 2 aromatic heterocycles. The van der Waals surface area contributed by atoms with Crippen LogP contribution >= 0.6 is 0 Å². The molecule has 0 radical (unpaired) electrons. The number of aromatic amines is 2. The first-order valence-corrected chi connectivity index (χ1v) is 16.4. The van der Waals surface area contributed by atoms with Gasteiger partial charge < -0.3 is 35.5 Å². The lowest BCUT2D eigenvalue weighted by Crippen LogP contribution is -2.46. The molecule has 3 amide bonds. The fourth-order valence-electron chi connectivity index (χ4n) is 5.15. The minimum Gasteiger partial charge on any atom is -0.453 e. The maximum absolute atomic E-state index is 12.7. The second-order valence-corrected chi connectivity index (χ2v) is 12.5. The van der Waals surface area contributed by atoms with E-state index in [4.69, 9.17) is 0 Å². The van der Waals surface area contributed by atoms with Gasteiger partial charge in [0.1, 0.15) is 23.7 Å². The van der Waals surface area contributed by atoms with Crippen LogP contribution < -0.4 is 16.0 Å². The van der Waals surface area contributed by atoms with Crippen LogP contribution in [0.1, 0.15) is 65.3 Å². The summed E-state index contributed by atoms with van der Waals surface area (Å²) in [5.41, 5.74) is 5.64. The first-order valence-electron chi connectivity index (χ1n) is 16.4. The van der Waals surface area contributed by atoms with Crippen LogP contribution in [0.2, 0.25) is 0 Å². The number of alkyl carbamates (subject to hydrolysis) is 1. The van der Waals surface area contributed by atoms with E-state index >= 15 is 0 Å². The fourth-order valence-corrected chi connectivity index (χ4v) is 5.15. The molecule has 0 bridgehead atoms. The number of methoxy groups -OCH3 is 1. The number of H-pyrrole nitrogens is 2. The van der Waals surface area contributed by atoms with Gasteiger partial charge in [0, 0.05) is 0 Å². The molecule has 0 saturated carbocycles. The standard InChI is InChI=1S/C36H46N8O6/c1-20(2)30(43-34(45)22(5)39-19-50-49-8)32-37-17-28(41-32)26-13-9-24(10-14-26)25-11-15-27(16-12-25)29-18-38-33(42-29)31(21(3)4)44-35(46)23(6)40-36(47)48-7/h9-23,30-31H,1-8H3,(H,37,41)(H,38,42)(H,40,47)(H,43,45)(H,44,46)/b39-19-/t22-,23-,30+,31+/m0/s1. The van der Waals surface area contributed by atoms with E-state index in [0.717, 1.165) is 40.0 Å². The lowest BCUT2D eigenvalue weighted by molar-refractivity contribution is -0.188. The number of rotatable bonds is 15. The van der Waals surface area contributed by atoms with Crippen LogP contribution in [0.25, 0.3) is 33.6 Å². The normalized spacial score (nSPS) is 13.9. The third-order valence-electron chi connectivity index (χ3n) is 8.15. The summed E-state index contributed by atoms with van der Waals surface area (Å²) in [5, 5.41) is 8.47. The Kier molecular flexibility index (Phi) is 12.9. The summed E-state index contributed by atoms with van der Waals surface area (Å²) in [6, 6.07) is 14.1. The number of hydrogen-bond acceptors (Lipinski definition) is 9. The summed E-state index contributed by atoms with van der Waals surface area (Å²) in [6.45, 7) is 11.3. The van der Waals surface area contributed by atoms with Crippen molar-refractivity contribution in [2.75, 3.05) is 14.2 Å². The van der Waals surface area contributed by atoms with E-state index in [1.54, 1.807) is 26.2 Å². The molecule has 4 aromatic rings. The fraction of sp³-hybridized carbons (Fsp3) is 0.389. The molecular weight excluding hydrogens is 640 g/mol. The molecule has 0 aliphatic heterocycles. The number of nitrogens with zero attached hydrogens (tertiary/aromatic N) is 3. The number of amides is 3. The maximum Gasteiger partial charge on any atom is 0.407 e. The zero-order chi connectivity index (χ0) is 36.4. The van der Waals surface area contributed by atoms with Crippen molar-refractivity contribution < 1.29 is 28.9 Å². The zero-order valence-electron chi connectivity index (χ0n) is 29.6. The molecule has 5 N–H and O–H groups in total. The molecule has 4 atom stereocenters. The molecule has 0 aliphatic rings. The Hall–Kier alpha value is -5.50. The van der Waals surface area contributed by atoms with Gasteiger partial charge in [-0.15, -0.1) is 0 Å². The summed E-state index contributed by atoms with van der Waals surface area (Å²) in [5.74, 6) is 0.786. The predicted molar refractivity (Wildman–Crippen MR) is 190 cm³/mol. The number of carbonyl (C=O) groups is 3. The molecule has 0 saturated heterocycles. The number of benzene rings is 2. The Morgan fingerprint density at radius 1 is 0.680 bits per heavy atom. The van der Waals surface area contributed by atoms with Crippen molar-refractivity contribution >= 4 is 24.3 Å². The third kappa shape index (κ3) is 9.56. The average molecular weight is 687 g/mol. The molecule has 4 rings (SSSR count). The Morgan fingerprint density at radius 3 is 1.54 bits per heavy atom. The van der Waals surface area contributed by atoms with Gasteiger partial charge in [0.05, 0.1) is 50.1 Å². The van der Waals surface area contributed by atoms with Crippen molar-refractivity contribution in [3.63, 3.8) is 0 Å². The average Bonchev–Trinajstić information content (AvgIpc) is 3.80. The number of carbonyl (C=O) groups excluding carboxylic acids is 3. The van der Waals surface area contributed by atoms with E-state index in [2.05, 4.69) is 67.5 Å². The largest absolute Gasteiger partial charge is 0.453 e. The summed E-state index contributed by atoms with van der Waals surface area (Å²) < 4.78 is 4.59. The lowest BCUT2D eigenvalue weighted by Gasteiger charge is -2.22. The Bertz CT molecular complexity index is 1750. The van der Waals surface area contributed by atoms with E-state index in [-0.39, 0.29) is 35.7 Å². The zero-order valence-corrected chi connectivity index (χ0v) is 29.6. The Morgan fingerprint density at radius 2 is 1.12 bits per heavy atom. The van der Waals surface area contributed by atoms with Crippen LogP contribution in [0.5, 0.6) is 0 Å². The molecule has 2 aromatic carbocycles. The van der Waals surface area contributed by atoms with Gasteiger partial charge in [-0.2, -0.15) is 4.89 Å². The monoisotopic (exact) mass is 686 g/mol. The van der Waals surface area contributed by atoms with Gasteiger partial charge in [0.2, 0.25) is 18.2 Å². The third-order valence-corrected chi connectivity index (χ3v) is 8.15. The highest BCUT2D eigenvalue weighted by Gasteiger charge is 2.26. The molecule has 14 nitrogen and oxygen atoms in total. The first-order chi connectivity index (χ1) is 23.9. The lowest BCUT2D eigenvalue weighted by atomic mass is 10.0. The van der Waals surface area contributed by atoms with E-state index in [1.807, 2.05) is 64.1 Å². The van der Waals surface area contributed by atoms with Crippen LogP contribution in [0.15, 0.2) is 65.9 Å². The highest BCUT2D eigenvalue weighted by molar-refractivity contribution is 5.85. The van der Waals surface area contributed by atoms with Gasteiger partial charge in [0.15, 0.2) is 0 Å². The van der Waals surface area contributed by atoms with Gasteiger partial charge in [0.25, 0.3) is 0 Å². The SMILES string of the molecule is COO/C=N\[C@@H](C)C(=O)N[C@@H](c1ncc(-c2ccc(-c3ccc(-c4cnc([C@H](NC(=O)[C@H](C)NC(=O)OC)C(C)C)[nH]4)cc3)cc2)[nH]1)C(C)C. The summed E-state index contributed by atoms with van der Waals surface area (Å²) in [6.07, 6.45) is 3.93. The molecule has 0 fully saturated rings. The van der Waals surface area contributed by atoms with Gasteiger partial charge in [-0.3, -0.25) is 9.59 Å². The van der Waals surface area contributed by atoms with E-state index in [9.17, 15) is 14.4 Å². The summed E-state index contributed by atoms with van der Waals surface area (Å²) in [4.78, 5) is 65.9. The topological polar surface area (TPSA) is 185 Å². The second-order valence-electron chi connectivity index (χ2n) is 12.5. The predicted octanol–water partition coefficient (Wildman–Crippen LogP) is 5.50. The van der Waals surface area contributed by atoms with Crippen LogP contribution in [0.3, 0.4) is 0 Å². The summed E-state index contributed by atoms with van der Waals surface area (Å²) >= 11 is 0. The second kappa shape index (κ2) is 17.2.